The van der Waals surface area contributed by atoms with E-state index >= 15 is 0 Å². The quantitative estimate of drug-likeness (QED) is 0.860. The van der Waals surface area contributed by atoms with Crippen LogP contribution in [-0.2, 0) is 9.47 Å². The van der Waals surface area contributed by atoms with Crippen LogP contribution in [0.4, 0.5) is 4.79 Å². The summed E-state index contributed by atoms with van der Waals surface area (Å²) in [6.07, 6.45) is -1.23. The number of carbonyl (C=O) groups is 1. The van der Waals surface area contributed by atoms with E-state index in [1.165, 1.54) is 7.11 Å². The summed E-state index contributed by atoms with van der Waals surface area (Å²) < 4.78 is 9.81. The maximum Gasteiger partial charge on any atom is 0.404 e. The average molecular weight is 230 g/mol. The molecule has 0 aliphatic rings. The van der Waals surface area contributed by atoms with Gasteiger partial charge in [0, 0.05) is 17.7 Å². The Morgan fingerprint density at radius 2 is 2.20 bits per heavy atom. The zero-order chi connectivity index (χ0) is 11.3. The minimum atomic E-state index is -0.830. The van der Waals surface area contributed by atoms with Gasteiger partial charge >= 0.3 is 6.09 Å². The Kier molecular flexibility index (Phi) is 4.39. The van der Waals surface area contributed by atoms with Crippen LogP contribution in [0.25, 0.3) is 0 Å². The first-order valence-electron chi connectivity index (χ1n) is 4.34. The van der Waals surface area contributed by atoms with Crippen molar-refractivity contribution in [3.8, 4) is 0 Å². The lowest BCUT2D eigenvalue weighted by Gasteiger charge is -2.16. The minimum absolute atomic E-state index is 0.0512. The average Bonchev–Trinajstić information content (AvgIpc) is 2.21. The van der Waals surface area contributed by atoms with Crippen LogP contribution in [-0.4, -0.2) is 19.8 Å². The van der Waals surface area contributed by atoms with Crippen LogP contribution in [0.1, 0.15) is 11.7 Å². The van der Waals surface area contributed by atoms with Crippen molar-refractivity contribution in [1.29, 1.82) is 0 Å². The highest BCUT2D eigenvalue weighted by Crippen LogP contribution is 2.24. The highest BCUT2D eigenvalue weighted by molar-refractivity contribution is 6.31. The van der Waals surface area contributed by atoms with E-state index in [2.05, 4.69) is 4.74 Å². The normalized spacial score (nSPS) is 12.1. The fourth-order valence-electron chi connectivity index (χ4n) is 1.18. The van der Waals surface area contributed by atoms with Gasteiger partial charge in [-0.15, -0.1) is 0 Å². The van der Waals surface area contributed by atoms with Gasteiger partial charge in [0.1, 0.15) is 12.7 Å². The molecular weight excluding hydrogens is 218 g/mol. The zero-order valence-corrected chi connectivity index (χ0v) is 9.03. The number of primary amides is 1. The first kappa shape index (κ1) is 11.8. The van der Waals surface area contributed by atoms with Crippen molar-refractivity contribution >= 4 is 17.7 Å². The number of hydrogen-bond donors (Lipinski definition) is 1. The summed E-state index contributed by atoms with van der Waals surface area (Å²) in [5, 5.41) is 0.567. The Morgan fingerprint density at radius 1 is 1.53 bits per heavy atom. The molecule has 0 spiro atoms. The molecule has 0 saturated carbocycles. The van der Waals surface area contributed by atoms with Crippen LogP contribution in [0, 0.1) is 0 Å². The smallest absolute Gasteiger partial charge is 0.404 e. The fourth-order valence-corrected chi connectivity index (χ4v) is 1.44. The van der Waals surface area contributed by atoms with Crippen LogP contribution < -0.4 is 5.73 Å². The van der Waals surface area contributed by atoms with Gasteiger partial charge in [-0.25, -0.2) is 4.79 Å². The highest BCUT2D eigenvalue weighted by atomic mass is 35.5. The number of ether oxygens (including phenoxy) is 2. The topological polar surface area (TPSA) is 61.6 Å². The predicted octanol–water partition coefficient (Wildman–Crippen LogP) is 2.12. The molecule has 0 fully saturated rings. The predicted molar refractivity (Wildman–Crippen MR) is 56.7 cm³/mol. The molecule has 0 unspecified atom stereocenters. The van der Waals surface area contributed by atoms with Gasteiger partial charge in [-0.1, -0.05) is 29.8 Å². The summed E-state index contributed by atoms with van der Waals surface area (Å²) in [7, 11) is 1.51. The second-order valence-corrected chi connectivity index (χ2v) is 3.28. The molecule has 1 aromatic rings. The van der Waals surface area contributed by atoms with Crippen LogP contribution in [0.5, 0.6) is 0 Å². The molecule has 0 radical (unpaired) electrons. The summed E-state index contributed by atoms with van der Waals surface area (Å²) in [6.45, 7) is 0.0512. The van der Waals surface area contributed by atoms with Crippen molar-refractivity contribution in [1.82, 2.24) is 0 Å². The number of methoxy groups -OCH3 is 1. The van der Waals surface area contributed by atoms with Gasteiger partial charge in [-0.3, -0.25) is 0 Å². The molecule has 5 heteroatoms. The fraction of sp³-hybridized carbons (Fsp3) is 0.300. The van der Waals surface area contributed by atoms with Gasteiger partial charge in [0.25, 0.3) is 0 Å². The van der Waals surface area contributed by atoms with Crippen LogP contribution in [0.15, 0.2) is 24.3 Å². The lowest BCUT2D eigenvalue weighted by Crippen LogP contribution is -2.19. The summed E-state index contributed by atoms with van der Waals surface area (Å²) in [4.78, 5) is 10.4. The molecule has 0 saturated heterocycles. The van der Waals surface area contributed by atoms with E-state index in [0.29, 0.717) is 5.02 Å². The highest BCUT2D eigenvalue weighted by Gasteiger charge is 2.14. The number of nitrogens with two attached hydrogens (primary N) is 1. The summed E-state index contributed by atoms with van der Waals surface area (Å²) in [6, 6.07) is 7.19. The third kappa shape index (κ3) is 3.42. The van der Waals surface area contributed by atoms with Crippen molar-refractivity contribution < 1.29 is 14.3 Å². The SMILES string of the molecule is CO[C@@H](COC(N)=O)c1ccccc1Cl. The van der Waals surface area contributed by atoms with Crippen LogP contribution >= 0.6 is 11.6 Å². The molecule has 4 nitrogen and oxygen atoms in total. The largest absolute Gasteiger partial charge is 0.447 e. The van der Waals surface area contributed by atoms with E-state index < -0.39 is 12.2 Å². The van der Waals surface area contributed by atoms with Crippen molar-refractivity contribution in [3.05, 3.63) is 34.9 Å². The number of hydrogen-bond acceptors (Lipinski definition) is 3. The molecular formula is C10H12ClNO3. The number of benzene rings is 1. The second kappa shape index (κ2) is 5.58. The Labute approximate surface area is 92.9 Å². The first-order valence-corrected chi connectivity index (χ1v) is 4.72. The van der Waals surface area contributed by atoms with Crippen molar-refractivity contribution in [2.75, 3.05) is 13.7 Å². The summed E-state index contributed by atoms with van der Waals surface area (Å²) >= 11 is 5.96. The van der Waals surface area contributed by atoms with Crippen LogP contribution in [0.2, 0.25) is 5.02 Å². The molecule has 82 valence electrons. The molecule has 0 aromatic heterocycles. The maximum atomic E-state index is 10.4. The van der Waals surface area contributed by atoms with Crippen LogP contribution in [0.3, 0.4) is 0 Å². The third-order valence-corrected chi connectivity index (χ3v) is 2.26. The maximum absolute atomic E-state index is 10.4. The van der Waals surface area contributed by atoms with Gasteiger partial charge in [0.05, 0.1) is 0 Å². The molecule has 1 atom stereocenters. The van der Waals surface area contributed by atoms with Gasteiger partial charge in [0.15, 0.2) is 0 Å². The van der Waals surface area contributed by atoms with E-state index in [1.807, 2.05) is 12.1 Å². The molecule has 0 heterocycles. The number of carbonyl (C=O) groups excluding carboxylic acids is 1. The van der Waals surface area contributed by atoms with E-state index in [9.17, 15) is 4.79 Å². The second-order valence-electron chi connectivity index (χ2n) is 2.88. The van der Waals surface area contributed by atoms with Gasteiger partial charge in [-0.05, 0) is 6.07 Å². The summed E-state index contributed by atoms with van der Waals surface area (Å²) in [5.74, 6) is 0. The Bertz CT molecular complexity index is 343. The molecule has 1 amide bonds. The van der Waals surface area contributed by atoms with Gasteiger partial charge < -0.3 is 15.2 Å². The molecule has 15 heavy (non-hydrogen) atoms. The van der Waals surface area contributed by atoms with Crippen molar-refractivity contribution in [3.63, 3.8) is 0 Å². The number of halogens is 1. The lowest BCUT2D eigenvalue weighted by atomic mass is 10.1. The molecule has 1 rings (SSSR count). The molecule has 1 aromatic carbocycles. The van der Waals surface area contributed by atoms with E-state index in [-0.39, 0.29) is 6.61 Å². The third-order valence-electron chi connectivity index (χ3n) is 1.91. The Morgan fingerprint density at radius 3 is 2.73 bits per heavy atom. The summed E-state index contributed by atoms with van der Waals surface area (Å²) in [5.41, 5.74) is 5.63. The lowest BCUT2D eigenvalue weighted by molar-refractivity contribution is 0.0373. The monoisotopic (exact) mass is 229 g/mol. The molecule has 0 aliphatic carbocycles. The molecule has 0 bridgehead atoms. The Hall–Kier alpha value is -1.26. The van der Waals surface area contributed by atoms with E-state index in [1.54, 1.807) is 12.1 Å². The van der Waals surface area contributed by atoms with Gasteiger partial charge in [-0.2, -0.15) is 0 Å². The zero-order valence-electron chi connectivity index (χ0n) is 8.27. The minimum Gasteiger partial charge on any atom is -0.447 e. The molecule has 0 aliphatic heterocycles. The van der Waals surface area contributed by atoms with E-state index in [4.69, 9.17) is 22.1 Å². The van der Waals surface area contributed by atoms with Crippen molar-refractivity contribution in [2.24, 2.45) is 5.73 Å². The first-order chi connectivity index (χ1) is 7.15. The van der Waals surface area contributed by atoms with E-state index in [0.717, 1.165) is 5.56 Å². The number of amides is 1. The number of rotatable bonds is 4. The Balaban J connectivity index is 2.74. The van der Waals surface area contributed by atoms with Crippen molar-refractivity contribution in [2.45, 2.75) is 6.10 Å². The standard InChI is InChI=1S/C10H12ClNO3/c1-14-9(6-15-10(12)13)7-4-2-3-5-8(7)11/h2-5,9H,6H2,1H3,(H2,12,13)/t9-/m0/s1. The van der Waals surface area contributed by atoms with Gasteiger partial charge in [0.2, 0.25) is 0 Å². The molecule has 2 N–H and O–H groups in total.